The summed E-state index contributed by atoms with van der Waals surface area (Å²) in [5.74, 6) is 0.516. The van der Waals surface area contributed by atoms with Crippen molar-refractivity contribution in [2.24, 2.45) is 17.8 Å². The van der Waals surface area contributed by atoms with E-state index in [0.717, 1.165) is 6.42 Å². The number of esters is 1. The number of rotatable bonds is 5. The minimum atomic E-state index is -0.179. The zero-order valence-electron chi connectivity index (χ0n) is 11.0. The van der Waals surface area contributed by atoms with Crippen LogP contribution in [0.15, 0.2) is 48.6 Å². The van der Waals surface area contributed by atoms with Crippen LogP contribution in [0.1, 0.15) is 20.3 Å². The van der Waals surface area contributed by atoms with E-state index in [1.54, 1.807) is 0 Å². The minimum absolute atomic E-state index is 0.0672. The molecule has 0 N–H and O–H groups in total. The van der Waals surface area contributed by atoms with Crippen LogP contribution in [0.2, 0.25) is 0 Å². The molecule has 2 nitrogen and oxygen atoms in total. The topological polar surface area (TPSA) is 26.3 Å². The molecule has 0 heterocycles. The van der Waals surface area contributed by atoms with Gasteiger partial charge in [-0.3, -0.25) is 4.79 Å². The van der Waals surface area contributed by atoms with Crippen LogP contribution in [0.4, 0.5) is 0 Å². The molecule has 18 heavy (non-hydrogen) atoms. The van der Waals surface area contributed by atoms with E-state index >= 15 is 0 Å². The number of hydrogen-bond donors (Lipinski definition) is 0. The summed E-state index contributed by atoms with van der Waals surface area (Å²) in [5, 5.41) is 0. The Bertz CT molecular complexity index is 389. The van der Waals surface area contributed by atoms with Crippen molar-refractivity contribution in [2.45, 2.75) is 26.4 Å². The summed E-state index contributed by atoms with van der Waals surface area (Å²) in [5.41, 5.74) is 0. The van der Waals surface area contributed by atoms with Crippen LogP contribution in [0.3, 0.4) is 0 Å². The molecular weight excluding hydrogens is 224 g/mol. The molecular formula is C16H20O2. The van der Waals surface area contributed by atoms with Gasteiger partial charge in [0.2, 0.25) is 0 Å². The van der Waals surface area contributed by atoms with Gasteiger partial charge in [0, 0.05) is 5.92 Å². The van der Waals surface area contributed by atoms with E-state index in [0.29, 0.717) is 5.92 Å². The van der Waals surface area contributed by atoms with Crippen molar-refractivity contribution in [1.29, 1.82) is 0 Å². The molecule has 0 aliphatic heterocycles. The van der Waals surface area contributed by atoms with Crippen LogP contribution in [-0.4, -0.2) is 12.1 Å². The second-order valence-electron chi connectivity index (χ2n) is 5.25. The predicted octanol–water partition coefficient (Wildman–Crippen LogP) is 3.43. The van der Waals surface area contributed by atoms with Gasteiger partial charge < -0.3 is 4.74 Å². The molecule has 0 saturated carbocycles. The molecule has 0 spiro atoms. The monoisotopic (exact) mass is 244 g/mol. The predicted molar refractivity (Wildman–Crippen MR) is 72.9 cm³/mol. The molecule has 2 rings (SSSR count). The maximum absolute atomic E-state index is 12.3. The molecule has 0 bridgehead atoms. The highest BCUT2D eigenvalue weighted by atomic mass is 16.5. The Hall–Kier alpha value is -1.57. The Labute approximate surface area is 109 Å². The standard InChI is InChI=1S/C16H20O2/c1-12(2)11-15(13-7-3-4-8-13)16(17)18-14-9-5-6-10-14/h3-10,12-15H,11H2,1-2H3. The summed E-state index contributed by atoms with van der Waals surface area (Å²) in [6.07, 6.45) is 16.4. The van der Waals surface area contributed by atoms with Crippen LogP contribution in [0, 0.1) is 17.8 Å². The fourth-order valence-electron chi connectivity index (χ4n) is 2.35. The van der Waals surface area contributed by atoms with Gasteiger partial charge in [0.05, 0.1) is 5.92 Å². The zero-order chi connectivity index (χ0) is 13.0. The lowest BCUT2D eigenvalue weighted by molar-refractivity contribution is -0.151. The van der Waals surface area contributed by atoms with Gasteiger partial charge in [-0.15, -0.1) is 0 Å². The average Bonchev–Trinajstić information content (AvgIpc) is 2.97. The SMILES string of the molecule is CC(C)CC(C(=O)OC1C=CC=C1)C1C=CC=C1. The van der Waals surface area contributed by atoms with Crippen molar-refractivity contribution in [3.8, 4) is 0 Å². The normalized spacial score (nSPS) is 20.2. The van der Waals surface area contributed by atoms with E-state index in [-0.39, 0.29) is 23.9 Å². The third-order valence-electron chi connectivity index (χ3n) is 3.24. The summed E-state index contributed by atoms with van der Waals surface area (Å²) in [6, 6.07) is 0. The van der Waals surface area contributed by atoms with Gasteiger partial charge >= 0.3 is 5.97 Å². The smallest absolute Gasteiger partial charge is 0.310 e. The first-order chi connectivity index (χ1) is 8.66. The Morgan fingerprint density at radius 2 is 1.61 bits per heavy atom. The van der Waals surface area contributed by atoms with Crippen LogP contribution in [0.25, 0.3) is 0 Å². The average molecular weight is 244 g/mol. The summed E-state index contributed by atoms with van der Waals surface area (Å²) in [4.78, 5) is 12.3. The number of carbonyl (C=O) groups is 1. The van der Waals surface area contributed by atoms with Crippen molar-refractivity contribution >= 4 is 5.97 Å². The van der Waals surface area contributed by atoms with Gasteiger partial charge in [0.25, 0.3) is 0 Å². The third-order valence-corrected chi connectivity index (χ3v) is 3.24. The van der Waals surface area contributed by atoms with Crippen molar-refractivity contribution in [3.05, 3.63) is 48.6 Å². The Balaban J connectivity index is 2.00. The first-order valence-corrected chi connectivity index (χ1v) is 6.57. The second kappa shape index (κ2) is 5.85. The van der Waals surface area contributed by atoms with E-state index in [9.17, 15) is 4.79 Å². The number of hydrogen-bond acceptors (Lipinski definition) is 2. The molecule has 0 aromatic heterocycles. The molecule has 1 atom stereocenters. The van der Waals surface area contributed by atoms with E-state index in [2.05, 4.69) is 26.0 Å². The Morgan fingerprint density at radius 3 is 2.17 bits per heavy atom. The molecule has 0 aromatic carbocycles. The fraction of sp³-hybridized carbons (Fsp3) is 0.438. The summed E-state index contributed by atoms with van der Waals surface area (Å²) in [6.45, 7) is 4.27. The summed E-state index contributed by atoms with van der Waals surface area (Å²) < 4.78 is 5.51. The van der Waals surface area contributed by atoms with Crippen LogP contribution in [-0.2, 0) is 9.53 Å². The number of carbonyl (C=O) groups excluding carboxylic acids is 1. The summed E-state index contributed by atoms with van der Waals surface area (Å²) in [7, 11) is 0. The van der Waals surface area contributed by atoms with Crippen molar-refractivity contribution in [3.63, 3.8) is 0 Å². The lowest BCUT2D eigenvalue weighted by Gasteiger charge is -2.22. The van der Waals surface area contributed by atoms with Gasteiger partial charge in [0.15, 0.2) is 0 Å². The van der Waals surface area contributed by atoms with E-state index < -0.39 is 0 Å². The van der Waals surface area contributed by atoms with E-state index in [1.165, 1.54) is 0 Å². The van der Waals surface area contributed by atoms with E-state index in [4.69, 9.17) is 4.74 Å². The maximum Gasteiger partial charge on any atom is 0.310 e. The van der Waals surface area contributed by atoms with Gasteiger partial charge in [-0.25, -0.2) is 0 Å². The second-order valence-corrected chi connectivity index (χ2v) is 5.25. The highest BCUT2D eigenvalue weighted by Crippen LogP contribution is 2.28. The fourth-order valence-corrected chi connectivity index (χ4v) is 2.35. The zero-order valence-corrected chi connectivity index (χ0v) is 11.0. The molecule has 0 amide bonds. The molecule has 1 unspecified atom stereocenters. The van der Waals surface area contributed by atoms with Crippen LogP contribution >= 0.6 is 0 Å². The molecule has 0 saturated heterocycles. The van der Waals surface area contributed by atoms with Crippen LogP contribution in [0.5, 0.6) is 0 Å². The van der Waals surface area contributed by atoms with Gasteiger partial charge in [-0.1, -0.05) is 50.3 Å². The van der Waals surface area contributed by atoms with E-state index in [1.807, 2.05) is 36.5 Å². The highest BCUT2D eigenvalue weighted by molar-refractivity contribution is 5.74. The van der Waals surface area contributed by atoms with Crippen molar-refractivity contribution in [2.75, 3.05) is 0 Å². The summed E-state index contributed by atoms with van der Waals surface area (Å²) >= 11 is 0. The molecule has 2 aliphatic carbocycles. The minimum Gasteiger partial charge on any atom is -0.454 e. The quantitative estimate of drug-likeness (QED) is 0.693. The van der Waals surface area contributed by atoms with Gasteiger partial charge in [-0.2, -0.15) is 0 Å². The van der Waals surface area contributed by atoms with Crippen molar-refractivity contribution in [1.82, 2.24) is 0 Å². The van der Waals surface area contributed by atoms with Crippen LogP contribution < -0.4 is 0 Å². The molecule has 2 aliphatic rings. The lowest BCUT2D eigenvalue weighted by Crippen LogP contribution is -2.27. The third kappa shape index (κ3) is 3.22. The molecule has 0 aromatic rings. The number of ether oxygens (including phenoxy) is 1. The highest BCUT2D eigenvalue weighted by Gasteiger charge is 2.29. The molecule has 0 fully saturated rings. The van der Waals surface area contributed by atoms with Crippen molar-refractivity contribution < 1.29 is 9.53 Å². The number of allylic oxidation sites excluding steroid dienone is 6. The Kier molecular flexibility index (Phi) is 4.19. The molecule has 96 valence electrons. The van der Waals surface area contributed by atoms with Gasteiger partial charge in [0.1, 0.15) is 6.10 Å². The maximum atomic E-state index is 12.3. The first-order valence-electron chi connectivity index (χ1n) is 6.57. The largest absolute Gasteiger partial charge is 0.454 e. The molecule has 0 radical (unpaired) electrons. The lowest BCUT2D eigenvalue weighted by atomic mass is 9.86. The Morgan fingerprint density at radius 1 is 1.06 bits per heavy atom. The first kappa shape index (κ1) is 12.9. The molecule has 2 heteroatoms. The van der Waals surface area contributed by atoms with Gasteiger partial charge in [-0.05, 0) is 24.5 Å².